The summed E-state index contributed by atoms with van der Waals surface area (Å²) in [5.41, 5.74) is 0.846. The fourth-order valence-corrected chi connectivity index (χ4v) is 4.06. The Morgan fingerprint density at radius 3 is 2.33 bits per heavy atom. The van der Waals surface area contributed by atoms with Crippen molar-refractivity contribution in [2.75, 3.05) is 0 Å². The molecule has 0 saturated heterocycles. The Balaban J connectivity index is 2.51. The molecule has 2 rings (SSSR count). The van der Waals surface area contributed by atoms with E-state index >= 15 is 0 Å². The first kappa shape index (κ1) is 15.8. The minimum Gasteiger partial charge on any atom is -0.481 e. The van der Waals surface area contributed by atoms with Crippen molar-refractivity contribution in [3.63, 3.8) is 0 Å². The average molecular weight is 292 g/mol. The van der Waals surface area contributed by atoms with Gasteiger partial charge in [-0.05, 0) is 44.1 Å². The maximum absolute atomic E-state index is 12.2. The van der Waals surface area contributed by atoms with Gasteiger partial charge in [-0.25, -0.2) is 4.79 Å². The van der Waals surface area contributed by atoms with E-state index in [0.717, 1.165) is 37.7 Å². The normalized spacial score (nSPS) is 27.4. The molecule has 2 aliphatic rings. The molecule has 0 spiro atoms. The standard InChI is InChI=1S/C17H24O4/c1-3-12-9-11(2)14(15(18)19)10-17(12,16(20)21)13-7-5-4-6-8-13/h9,13H,3-8,10H2,1-2H3,(H,18,19)(H,20,21). The number of rotatable bonds is 4. The number of carboxylic acids is 2. The maximum atomic E-state index is 12.2. The molecule has 0 aliphatic heterocycles. The molecule has 4 nitrogen and oxygen atoms in total. The van der Waals surface area contributed by atoms with Crippen LogP contribution in [0.3, 0.4) is 0 Å². The topological polar surface area (TPSA) is 74.6 Å². The van der Waals surface area contributed by atoms with Crippen molar-refractivity contribution in [2.24, 2.45) is 11.3 Å². The Hall–Kier alpha value is -1.58. The Morgan fingerprint density at radius 1 is 1.24 bits per heavy atom. The zero-order chi connectivity index (χ0) is 15.6. The highest BCUT2D eigenvalue weighted by molar-refractivity contribution is 5.92. The SMILES string of the molecule is CCC1=CC(C)=C(C(=O)O)CC1(C(=O)O)C1CCCCC1. The molecular formula is C17H24O4. The molecule has 21 heavy (non-hydrogen) atoms. The van der Waals surface area contributed by atoms with Gasteiger partial charge < -0.3 is 10.2 Å². The van der Waals surface area contributed by atoms with E-state index in [1.807, 2.05) is 13.0 Å². The summed E-state index contributed by atoms with van der Waals surface area (Å²) in [6.07, 6.45) is 7.61. The van der Waals surface area contributed by atoms with Crippen molar-refractivity contribution in [3.8, 4) is 0 Å². The van der Waals surface area contributed by atoms with E-state index in [1.165, 1.54) is 0 Å². The number of hydrogen-bond acceptors (Lipinski definition) is 2. The van der Waals surface area contributed by atoms with E-state index in [4.69, 9.17) is 0 Å². The molecule has 0 radical (unpaired) electrons. The second-order valence-electron chi connectivity index (χ2n) is 6.28. The van der Waals surface area contributed by atoms with Gasteiger partial charge in [-0.3, -0.25) is 4.79 Å². The first-order chi connectivity index (χ1) is 9.93. The van der Waals surface area contributed by atoms with Gasteiger partial charge in [-0.1, -0.05) is 37.8 Å². The third kappa shape index (κ3) is 2.63. The van der Waals surface area contributed by atoms with Crippen LogP contribution in [0.1, 0.15) is 58.8 Å². The van der Waals surface area contributed by atoms with E-state index in [0.29, 0.717) is 12.0 Å². The van der Waals surface area contributed by atoms with Crippen molar-refractivity contribution >= 4 is 11.9 Å². The number of carbonyl (C=O) groups is 2. The summed E-state index contributed by atoms with van der Waals surface area (Å²) in [4.78, 5) is 23.6. The molecule has 0 bridgehead atoms. The Labute approximate surface area is 125 Å². The minimum atomic E-state index is -1.01. The molecule has 2 N–H and O–H groups in total. The van der Waals surface area contributed by atoms with Crippen molar-refractivity contribution < 1.29 is 19.8 Å². The summed E-state index contributed by atoms with van der Waals surface area (Å²) in [5, 5.41) is 19.4. The third-order valence-electron chi connectivity index (χ3n) is 5.22. The van der Waals surface area contributed by atoms with Crippen LogP contribution in [0.25, 0.3) is 0 Å². The van der Waals surface area contributed by atoms with Crippen LogP contribution in [0, 0.1) is 11.3 Å². The van der Waals surface area contributed by atoms with Crippen LogP contribution < -0.4 is 0 Å². The van der Waals surface area contributed by atoms with Crippen molar-refractivity contribution in [3.05, 3.63) is 22.8 Å². The molecular weight excluding hydrogens is 268 g/mol. The monoisotopic (exact) mass is 292 g/mol. The quantitative estimate of drug-likeness (QED) is 0.827. The largest absolute Gasteiger partial charge is 0.481 e. The molecule has 0 heterocycles. The van der Waals surface area contributed by atoms with Crippen LogP contribution in [0.5, 0.6) is 0 Å². The predicted octanol–water partition coefficient (Wildman–Crippen LogP) is 3.78. The number of carboxylic acid groups (broad SMARTS) is 2. The first-order valence-electron chi connectivity index (χ1n) is 7.81. The van der Waals surface area contributed by atoms with Crippen molar-refractivity contribution in [1.82, 2.24) is 0 Å². The van der Waals surface area contributed by atoms with Gasteiger partial charge in [-0.2, -0.15) is 0 Å². The molecule has 0 aromatic carbocycles. The Bertz CT molecular complexity index is 509. The lowest BCUT2D eigenvalue weighted by molar-refractivity contribution is -0.151. The zero-order valence-electron chi connectivity index (χ0n) is 12.8. The third-order valence-corrected chi connectivity index (χ3v) is 5.22. The van der Waals surface area contributed by atoms with E-state index in [9.17, 15) is 19.8 Å². The van der Waals surface area contributed by atoms with Gasteiger partial charge in [0.15, 0.2) is 0 Å². The fraction of sp³-hybridized carbons (Fsp3) is 0.647. The van der Waals surface area contributed by atoms with Gasteiger partial charge in [0.1, 0.15) is 0 Å². The van der Waals surface area contributed by atoms with E-state index in [2.05, 4.69) is 0 Å². The molecule has 0 aromatic rings. The predicted molar refractivity (Wildman–Crippen MR) is 80.0 cm³/mol. The lowest BCUT2D eigenvalue weighted by atomic mass is 9.59. The van der Waals surface area contributed by atoms with Crippen LogP contribution in [-0.4, -0.2) is 22.2 Å². The van der Waals surface area contributed by atoms with Gasteiger partial charge in [0, 0.05) is 5.57 Å². The molecule has 2 aliphatic carbocycles. The first-order valence-corrected chi connectivity index (χ1v) is 7.81. The van der Waals surface area contributed by atoms with Gasteiger partial charge in [0.2, 0.25) is 0 Å². The molecule has 1 atom stereocenters. The number of hydrogen-bond donors (Lipinski definition) is 2. The van der Waals surface area contributed by atoms with Crippen LogP contribution in [0.2, 0.25) is 0 Å². The lowest BCUT2D eigenvalue weighted by Gasteiger charge is -2.43. The van der Waals surface area contributed by atoms with Gasteiger partial charge in [0.25, 0.3) is 0 Å². The summed E-state index contributed by atoms with van der Waals surface area (Å²) in [6, 6.07) is 0. The molecule has 1 unspecified atom stereocenters. The smallest absolute Gasteiger partial charge is 0.331 e. The second kappa shape index (κ2) is 6.04. The maximum Gasteiger partial charge on any atom is 0.331 e. The van der Waals surface area contributed by atoms with Crippen LogP contribution >= 0.6 is 0 Å². The second-order valence-corrected chi connectivity index (χ2v) is 6.28. The highest BCUT2D eigenvalue weighted by atomic mass is 16.4. The molecule has 0 aromatic heterocycles. The Kier molecular flexibility index (Phi) is 4.55. The number of allylic oxidation sites excluding steroid dienone is 2. The highest BCUT2D eigenvalue weighted by Gasteiger charge is 2.50. The summed E-state index contributed by atoms with van der Waals surface area (Å²) < 4.78 is 0. The Morgan fingerprint density at radius 2 is 1.86 bits per heavy atom. The average Bonchev–Trinajstić information content (AvgIpc) is 2.47. The highest BCUT2D eigenvalue weighted by Crippen LogP contribution is 2.51. The van der Waals surface area contributed by atoms with E-state index in [1.54, 1.807) is 6.92 Å². The van der Waals surface area contributed by atoms with E-state index in [-0.39, 0.29) is 17.9 Å². The van der Waals surface area contributed by atoms with Crippen LogP contribution in [0.4, 0.5) is 0 Å². The molecule has 116 valence electrons. The number of aliphatic carboxylic acids is 2. The molecule has 1 fully saturated rings. The van der Waals surface area contributed by atoms with E-state index < -0.39 is 17.4 Å². The minimum absolute atomic E-state index is 0.0531. The lowest BCUT2D eigenvalue weighted by Crippen LogP contribution is -2.44. The van der Waals surface area contributed by atoms with Crippen molar-refractivity contribution in [1.29, 1.82) is 0 Å². The van der Waals surface area contributed by atoms with Gasteiger partial charge in [0.05, 0.1) is 5.41 Å². The summed E-state index contributed by atoms with van der Waals surface area (Å²) in [5.74, 6) is -1.79. The fourth-order valence-electron chi connectivity index (χ4n) is 4.06. The summed E-state index contributed by atoms with van der Waals surface area (Å²) in [7, 11) is 0. The van der Waals surface area contributed by atoms with Gasteiger partial charge >= 0.3 is 11.9 Å². The van der Waals surface area contributed by atoms with Crippen molar-refractivity contribution in [2.45, 2.75) is 58.8 Å². The summed E-state index contributed by atoms with van der Waals surface area (Å²) in [6.45, 7) is 3.73. The molecule has 1 saturated carbocycles. The van der Waals surface area contributed by atoms with Crippen LogP contribution in [0.15, 0.2) is 22.8 Å². The zero-order valence-corrected chi connectivity index (χ0v) is 12.8. The van der Waals surface area contributed by atoms with Crippen LogP contribution in [-0.2, 0) is 9.59 Å². The summed E-state index contributed by atoms with van der Waals surface area (Å²) >= 11 is 0. The molecule has 4 heteroatoms. The molecule has 0 amide bonds. The van der Waals surface area contributed by atoms with Gasteiger partial charge in [-0.15, -0.1) is 0 Å².